The summed E-state index contributed by atoms with van der Waals surface area (Å²) in [6, 6.07) is 8.49. The van der Waals surface area contributed by atoms with Gasteiger partial charge in [-0.1, -0.05) is 15.9 Å². The molecule has 0 atom stereocenters. The van der Waals surface area contributed by atoms with Gasteiger partial charge in [0.1, 0.15) is 11.3 Å². The molecule has 0 spiro atoms. The zero-order chi connectivity index (χ0) is 16.1. The van der Waals surface area contributed by atoms with Crippen LogP contribution in [0.4, 0.5) is 0 Å². The lowest BCUT2D eigenvalue weighted by molar-refractivity contribution is 0.0953. The van der Waals surface area contributed by atoms with Crippen molar-refractivity contribution in [1.29, 1.82) is 0 Å². The Labute approximate surface area is 135 Å². The summed E-state index contributed by atoms with van der Waals surface area (Å²) in [7, 11) is 3.13. The first kappa shape index (κ1) is 16.0. The van der Waals surface area contributed by atoms with Crippen molar-refractivity contribution in [3.05, 3.63) is 62.5 Å². The Hall–Kier alpha value is -2.41. The first-order valence-corrected chi connectivity index (χ1v) is 7.15. The minimum Gasteiger partial charge on any atom is -0.496 e. The number of rotatable bonds is 4. The number of hydrazone groups is 1. The molecule has 114 valence electrons. The number of carbonyl (C=O) groups excluding carboxylic acids is 1. The molecule has 0 aliphatic carbocycles. The number of hydrogen-bond acceptors (Lipinski definition) is 4. The van der Waals surface area contributed by atoms with Crippen molar-refractivity contribution in [3.8, 4) is 5.75 Å². The summed E-state index contributed by atoms with van der Waals surface area (Å²) >= 11 is 3.35. The van der Waals surface area contributed by atoms with E-state index >= 15 is 0 Å². The van der Waals surface area contributed by atoms with Crippen LogP contribution < -0.4 is 15.7 Å². The summed E-state index contributed by atoms with van der Waals surface area (Å²) in [4.78, 5) is 23.8. The Bertz CT molecular complexity index is 784. The molecule has 2 aromatic rings. The summed E-state index contributed by atoms with van der Waals surface area (Å²) in [5.41, 5.74) is 2.68. The Morgan fingerprint density at radius 3 is 2.91 bits per heavy atom. The zero-order valence-corrected chi connectivity index (χ0v) is 13.6. The number of nitrogens with zero attached hydrogens (tertiary/aromatic N) is 2. The molecule has 0 radical (unpaired) electrons. The highest BCUT2D eigenvalue weighted by atomic mass is 79.9. The molecule has 0 saturated carbocycles. The van der Waals surface area contributed by atoms with Crippen LogP contribution in [0.1, 0.15) is 15.9 Å². The highest BCUT2D eigenvalue weighted by Crippen LogP contribution is 2.21. The van der Waals surface area contributed by atoms with E-state index < -0.39 is 5.91 Å². The number of ether oxygens (including phenoxy) is 1. The summed E-state index contributed by atoms with van der Waals surface area (Å²) in [5.74, 6) is 0.0586. The van der Waals surface area contributed by atoms with E-state index in [-0.39, 0.29) is 11.1 Å². The van der Waals surface area contributed by atoms with Crippen LogP contribution in [-0.4, -0.2) is 23.8 Å². The van der Waals surface area contributed by atoms with Gasteiger partial charge < -0.3 is 9.30 Å². The Kier molecular flexibility index (Phi) is 5.11. The van der Waals surface area contributed by atoms with Crippen LogP contribution in [0.2, 0.25) is 0 Å². The van der Waals surface area contributed by atoms with Crippen LogP contribution in [-0.2, 0) is 7.05 Å². The average Bonchev–Trinajstić information content (AvgIpc) is 2.50. The van der Waals surface area contributed by atoms with Crippen molar-refractivity contribution in [2.45, 2.75) is 0 Å². The average molecular weight is 364 g/mol. The summed E-state index contributed by atoms with van der Waals surface area (Å²) < 4.78 is 7.39. The van der Waals surface area contributed by atoms with E-state index in [9.17, 15) is 9.59 Å². The summed E-state index contributed by atoms with van der Waals surface area (Å²) in [6.45, 7) is 0. The van der Waals surface area contributed by atoms with Crippen molar-refractivity contribution in [2.75, 3.05) is 7.11 Å². The van der Waals surface area contributed by atoms with Crippen LogP contribution in [0.5, 0.6) is 5.75 Å². The molecule has 6 nitrogen and oxygen atoms in total. The summed E-state index contributed by atoms with van der Waals surface area (Å²) in [6.07, 6.45) is 3.03. The molecule has 22 heavy (non-hydrogen) atoms. The molecule has 0 unspecified atom stereocenters. The highest BCUT2D eigenvalue weighted by Gasteiger charge is 2.09. The van der Waals surface area contributed by atoms with Gasteiger partial charge in [0.25, 0.3) is 11.5 Å². The van der Waals surface area contributed by atoms with Gasteiger partial charge in [-0.2, -0.15) is 5.10 Å². The van der Waals surface area contributed by atoms with E-state index in [0.29, 0.717) is 11.3 Å². The molecule has 1 amide bonds. The number of methoxy groups -OCH3 is 1. The predicted octanol–water partition coefficient (Wildman–Crippen LogP) is 1.92. The summed E-state index contributed by atoms with van der Waals surface area (Å²) in [5, 5.41) is 3.86. The molecular formula is C15H14BrN3O3. The third-order valence-electron chi connectivity index (χ3n) is 2.93. The molecule has 7 heteroatoms. The van der Waals surface area contributed by atoms with Gasteiger partial charge in [0.15, 0.2) is 0 Å². The first-order valence-electron chi connectivity index (χ1n) is 6.35. The number of nitrogens with one attached hydrogen (secondary N) is 1. The quantitative estimate of drug-likeness (QED) is 0.666. The Balaban J connectivity index is 2.16. The molecular weight excluding hydrogens is 350 g/mol. The van der Waals surface area contributed by atoms with Gasteiger partial charge in [-0.3, -0.25) is 9.59 Å². The minimum absolute atomic E-state index is 0.0309. The van der Waals surface area contributed by atoms with Crippen molar-refractivity contribution >= 4 is 28.1 Å². The van der Waals surface area contributed by atoms with E-state index in [2.05, 4.69) is 26.5 Å². The van der Waals surface area contributed by atoms with Gasteiger partial charge >= 0.3 is 0 Å². The van der Waals surface area contributed by atoms with Gasteiger partial charge in [-0.15, -0.1) is 0 Å². The molecule has 0 aliphatic heterocycles. The number of pyridine rings is 1. The van der Waals surface area contributed by atoms with Gasteiger partial charge in [-0.25, -0.2) is 5.43 Å². The predicted molar refractivity (Wildman–Crippen MR) is 87.4 cm³/mol. The van der Waals surface area contributed by atoms with Gasteiger partial charge in [0, 0.05) is 23.3 Å². The second-order valence-corrected chi connectivity index (χ2v) is 5.34. The second kappa shape index (κ2) is 7.04. The largest absolute Gasteiger partial charge is 0.496 e. The smallest absolute Gasteiger partial charge is 0.276 e. The highest BCUT2D eigenvalue weighted by molar-refractivity contribution is 9.10. The fourth-order valence-electron chi connectivity index (χ4n) is 1.80. The maximum absolute atomic E-state index is 12.0. The van der Waals surface area contributed by atoms with Crippen LogP contribution >= 0.6 is 15.9 Å². The molecule has 0 fully saturated rings. The molecule has 1 aromatic carbocycles. The van der Waals surface area contributed by atoms with Gasteiger partial charge in [0.2, 0.25) is 0 Å². The third kappa shape index (κ3) is 3.62. The van der Waals surface area contributed by atoms with Crippen LogP contribution in [0.3, 0.4) is 0 Å². The van der Waals surface area contributed by atoms with Crippen LogP contribution in [0, 0.1) is 0 Å². The fourth-order valence-corrected chi connectivity index (χ4v) is 2.18. The maximum atomic E-state index is 12.0. The Morgan fingerprint density at radius 1 is 1.41 bits per heavy atom. The fraction of sp³-hybridized carbons (Fsp3) is 0.133. The van der Waals surface area contributed by atoms with E-state index in [0.717, 1.165) is 4.47 Å². The normalized spacial score (nSPS) is 10.7. The van der Waals surface area contributed by atoms with E-state index in [1.54, 1.807) is 38.6 Å². The second-order valence-electron chi connectivity index (χ2n) is 4.42. The van der Waals surface area contributed by atoms with E-state index in [1.807, 2.05) is 6.07 Å². The minimum atomic E-state index is -0.564. The number of aromatic nitrogens is 1. The number of halogens is 1. The number of amides is 1. The van der Waals surface area contributed by atoms with Gasteiger partial charge in [-0.05, 0) is 30.3 Å². The molecule has 1 N–H and O–H groups in total. The molecule has 1 aromatic heterocycles. The molecule has 1 heterocycles. The number of carbonyl (C=O) groups is 1. The van der Waals surface area contributed by atoms with Crippen molar-refractivity contribution in [2.24, 2.45) is 12.1 Å². The molecule has 0 aliphatic rings. The van der Waals surface area contributed by atoms with Gasteiger partial charge in [0.05, 0.1) is 13.3 Å². The zero-order valence-electron chi connectivity index (χ0n) is 12.0. The maximum Gasteiger partial charge on any atom is 0.276 e. The SMILES string of the molecule is COc1ccc(Br)cc1/C=N\NC(=O)c1cccn(C)c1=O. The topological polar surface area (TPSA) is 72.7 Å². The number of hydrogen-bond donors (Lipinski definition) is 1. The monoisotopic (exact) mass is 363 g/mol. The molecule has 2 rings (SSSR count). The third-order valence-corrected chi connectivity index (χ3v) is 3.42. The lowest BCUT2D eigenvalue weighted by atomic mass is 10.2. The molecule has 0 bridgehead atoms. The van der Waals surface area contributed by atoms with Crippen molar-refractivity contribution in [1.82, 2.24) is 9.99 Å². The number of benzene rings is 1. The van der Waals surface area contributed by atoms with E-state index in [4.69, 9.17) is 4.74 Å². The Morgan fingerprint density at radius 2 is 2.18 bits per heavy atom. The molecule has 0 saturated heterocycles. The van der Waals surface area contributed by atoms with E-state index in [1.165, 1.54) is 16.8 Å². The lowest BCUT2D eigenvalue weighted by Crippen LogP contribution is -2.29. The van der Waals surface area contributed by atoms with Crippen LogP contribution in [0.25, 0.3) is 0 Å². The van der Waals surface area contributed by atoms with Crippen LogP contribution in [0.15, 0.2) is 50.9 Å². The van der Waals surface area contributed by atoms with Crippen molar-refractivity contribution < 1.29 is 9.53 Å². The van der Waals surface area contributed by atoms with Crippen molar-refractivity contribution in [3.63, 3.8) is 0 Å². The lowest BCUT2D eigenvalue weighted by Gasteiger charge is -2.05. The number of aryl methyl sites for hydroxylation is 1. The standard InChI is InChI=1S/C15H14BrN3O3/c1-19-7-3-4-12(15(19)21)14(20)18-17-9-10-8-11(16)5-6-13(10)22-2/h3-9H,1-2H3,(H,18,20)/b17-9-. The first-order chi connectivity index (χ1) is 10.5.